The van der Waals surface area contributed by atoms with Crippen LogP contribution in [0.3, 0.4) is 0 Å². The molecule has 0 aliphatic carbocycles. The molecule has 0 radical (unpaired) electrons. The Morgan fingerprint density at radius 1 is 1.04 bits per heavy atom. The van der Waals surface area contributed by atoms with E-state index in [0.717, 1.165) is 27.6 Å². The van der Waals surface area contributed by atoms with Gasteiger partial charge in [0.15, 0.2) is 0 Å². The van der Waals surface area contributed by atoms with Gasteiger partial charge >= 0.3 is 0 Å². The molecule has 0 aliphatic heterocycles. The number of nitrogens with zero attached hydrogens (tertiary/aromatic N) is 2. The number of benzene rings is 2. The summed E-state index contributed by atoms with van der Waals surface area (Å²) in [5.41, 5.74) is 3.96. The highest BCUT2D eigenvalue weighted by atomic mass is 19.3. The fourth-order valence-electron chi connectivity index (χ4n) is 3.29. The van der Waals surface area contributed by atoms with E-state index >= 15 is 0 Å². The van der Waals surface area contributed by atoms with E-state index in [-0.39, 0.29) is 5.56 Å². The lowest BCUT2D eigenvalue weighted by Gasteiger charge is -2.07. The van der Waals surface area contributed by atoms with Gasteiger partial charge in [0.2, 0.25) is 5.88 Å². The molecule has 0 spiro atoms. The molecule has 3 nitrogen and oxygen atoms in total. The molecule has 0 bridgehead atoms. The fourth-order valence-corrected chi connectivity index (χ4v) is 3.29. The topological polar surface area (TPSA) is 27.1 Å². The van der Waals surface area contributed by atoms with Gasteiger partial charge in [-0.15, -0.1) is 0 Å². The van der Waals surface area contributed by atoms with E-state index in [1.807, 2.05) is 42.6 Å². The molecule has 0 fully saturated rings. The van der Waals surface area contributed by atoms with E-state index in [0.29, 0.717) is 12.4 Å². The third kappa shape index (κ3) is 3.40. The first-order chi connectivity index (χ1) is 13.2. The van der Waals surface area contributed by atoms with E-state index in [4.69, 9.17) is 4.74 Å². The molecular weight excluding hydrogens is 346 g/mol. The summed E-state index contributed by atoms with van der Waals surface area (Å²) in [4.78, 5) is 4.29. The number of halogens is 2. The van der Waals surface area contributed by atoms with Gasteiger partial charge in [-0.05, 0) is 23.8 Å². The van der Waals surface area contributed by atoms with Gasteiger partial charge in [-0.3, -0.25) is 0 Å². The number of methoxy groups -OCH3 is 1. The third-order valence-electron chi connectivity index (χ3n) is 4.60. The number of rotatable bonds is 5. The minimum Gasteiger partial charge on any atom is -0.481 e. The molecular formula is C22H18F2N2O. The van der Waals surface area contributed by atoms with Crippen LogP contribution in [0.2, 0.25) is 0 Å². The summed E-state index contributed by atoms with van der Waals surface area (Å²) < 4.78 is 33.2. The number of hydrogen-bond acceptors (Lipinski definition) is 2. The van der Waals surface area contributed by atoms with Crippen molar-refractivity contribution in [1.82, 2.24) is 9.55 Å². The SMILES string of the molecule is COc1ccc(-c2cn(Cc3cccc(C(F)F)c3)c3ccccc23)cn1. The second-order valence-electron chi connectivity index (χ2n) is 6.32. The highest BCUT2D eigenvalue weighted by Crippen LogP contribution is 2.31. The minimum atomic E-state index is -2.47. The lowest BCUT2D eigenvalue weighted by molar-refractivity contribution is 0.151. The van der Waals surface area contributed by atoms with Crippen molar-refractivity contribution in [2.75, 3.05) is 7.11 Å². The van der Waals surface area contributed by atoms with Crippen molar-refractivity contribution in [1.29, 1.82) is 0 Å². The zero-order valence-corrected chi connectivity index (χ0v) is 14.8. The molecule has 5 heteroatoms. The predicted octanol–water partition coefficient (Wildman–Crippen LogP) is 5.70. The number of alkyl halides is 2. The summed E-state index contributed by atoms with van der Waals surface area (Å²) in [6.45, 7) is 0.519. The lowest BCUT2D eigenvalue weighted by Crippen LogP contribution is -1.98. The third-order valence-corrected chi connectivity index (χ3v) is 4.60. The quantitative estimate of drug-likeness (QED) is 0.454. The van der Waals surface area contributed by atoms with Crippen LogP contribution in [0.1, 0.15) is 17.6 Å². The van der Waals surface area contributed by atoms with Crippen LogP contribution in [-0.4, -0.2) is 16.7 Å². The smallest absolute Gasteiger partial charge is 0.263 e. The first-order valence-electron chi connectivity index (χ1n) is 8.61. The summed E-state index contributed by atoms with van der Waals surface area (Å²) in [6, 6.07) is 18.4. The summed E-state index contributed by atoms with van der Waals surface area (Å²) in [5, 5.41) is 1.09. The molecule has 2 aromatic carbocycles. The van der Waals surface area contributed by atoms with Crippen LogP contribution in [0.15, 0.2) is 73.1 Å². The van der Waals surface area contributed by atoms with Crippen LogP contribution in [0, 0.1) is 0 Å². The average molecular weight is 364 g/mol. The molecule has 27 heavy (non-hydrogen) atoms. The van der Waals surface area contributed by atoms with Crippen LogP contribution < -0.4 is 4.74 Å². The Labute approximate surface area is 155 Å². The largest absolute Gasteiger partial charge is 0.481 e. The van der Waals surface area contributed by atoms with Crippen molar-refractivity contribution < 1.29 is 13.5 Å². The van der Waals surface area contributed by atoms with Crippen molar-refractivity contribution in [3.63, 3.8) is 0 Å². The Morgan fingerprint density at radius 2 is 1.89 bits per heavy atom. The normalized spacial score (nSPS) is 11.3. The van der Waals surface area contributed by atoms with Gasteiger partial charge < -0.3 is 9.30 Å². The Balaban J connectivity index is 1.76. The number of pyridine rings is 1. The molecule has 4 aromatic rings. The fraction of sp³-hybridized carbons (Fsp3) is 0.136. The minimum absolute atomic E-state index is 0.0449. The predicted molar refractivity (Wildman–Crippen MR) is 102 cm³/mol. The van der Waals surface area contributed by atoms with E-state index in [9.17, 15) is 8.78 Å². The number of aromatic nitrogens is 2. The van der Waals surface area contributed by atoms with Gasteiger partial charge in [-0.25, -0.2) is 13.8 Å². The lowest BCUT2D eigenvalue weighted by atomic mass is 10.1. The van der Waals surface area contributed by atoms with Crippen molar-refractivity contribution in [3.8, 4) is 17.0 Å². The maximum Gasteiger partial charge on any atom is 0.263 e. The first kappa shape index (κ1) is 17.2. The van der Waals surface area contributed by atoms with Crippen molar-refractivity contribution in [3.05, 3.63) is 84.2 Å². The molecule has 0 aliphatic rings. The zero-order chi connectivity index (χ0) is 18.8. The molecule has 0 saturated heterocycles. The number of para-hydroxylation sites is 1. The van der Waals surface area contributed by atoms with E-state index in [1.54, 1.807) is 25.4 Å². The second kappa shape index (κ2) is 7.19. The Bertz CT molecular complexity index is 1070. The number of hydrogen-bond donors (Lipinski definition) is 0. The number of fused-ring (bicyclic) bond motifs is 1. The van der Waals surface area contributed by atoms with Crippen molar-refractivity contribution >= 4 is 10.9 Å². The Morgan fingerprint density at radius 3 is 2.63 bits per heavy atom. The van der Waals surface area contributed by atoms with Gasteiger partial charge in [-0.2, -0.15) is 0 Å². The first-order valence-corrected chi connectivity index (χ1v) is 8.61. The van der Waals surface area contributed by atoms with Crippen LogP contribution in [0.5, 0.6) is 5.88 Å². The van der Waals surface area contributed by atoms with E-state index < -0.39 is 6.43 Å². The molecule has 0 saturated carbocycles. The molecule has 0 N–H and O–H groups in total. The summed E-state index contributed by atoms with van der Waals surface area (Å²) >= 11 is 0. The summed E-state index contributed by atoms with van der Waals surface area (Å²) in [7, 11) is 1.58. The molecule has 0 unspecified atom stereocenters. The van der Waals surface area contributed by atoms with Gasteiger partial charge in [0.05, 0.1) is 7.11 Å². The van der Waals surface area contributed by atoms with Crippen molar-refractivity contribution in [2.24, 2.45) is 0 Å². The highest BCUT2D eigenvalue weighted by Gasteiger charge is 2.12. The second-order valence-corrected chi connectivity index (χ2v) is 6.32. The highest BCUT2D eigenvalue weighted by molar-refractivity contribution is 5.96. The maximum atomic E-state index is 13.0. The standard InChI is InChI=1S/C22H18F2N2O/c1-27-21-10-9-17(12-25-21)19-14-26(20-8-3-2-7-18(19)20)13-15-5-4-6-16(11-15)22(23)24/h2-12,14,22H,13H2,1H3. The molecule has 0 atom stereocenters. The van der Waals surface area contributed by atoms with Crippen LogP contribution in [0.4, 0.5) is 8.78 Å². The van der Waals surface area contributed by atoms with Crippen LogP contribution in [0.25, 0.3) is 22.0 Å². The molecule has 0 amide bonds. The van der Waals surface area contributed by atoms with Gasteiger partial charge in [0.25, 0.3) is 6.43 Å². The average Bonchev–Trinajstić information content (AvgIpc) is 3.07. The van der Waals surface area contributed by atoms with E-state index in [1.165, 1.54) is 6.07 Å². The number of ether oxygens (including phenoxy) is 1. The molecule has 136 valence electrons. The summed E-state index contributed by atoms with van der Waals surface area (Å²) in [6.07, 6.45) is 1.36. The van der Waals surface area contributed by atoms with E-state index in [2.05, 4.69) is 15.6 Å². The molecule has 4 rings (SSSR count). The van der Waals surface area contributed by atoms with Crippen molar-refractivity contribution in [2.45, 2.75) is 13.0 Å². The Kier molecular flexibility index (Phi) is 4.59. The molecule has 2 aromatic heterocycles. The van der Waals surface area contributed by atoms with Gasteiger partial charge in [-0.1, -0.05) is 36.4 Å². The van der Waals surface area contributed by atoms with Gasteiger partial charge in [0.1, 0.15) is 0 Å². The monoisotopic (exact) mass is 364 g/mol. The molecule has 2 heterocycles. The van der Waals surface area contributed by atoms with Gasteiger partial charge in [0, 0.05) is 52.6 Å². The van der Waals surface area contributed by atoms with Crippen LogP contribution in [-0.2, 0) is 6.54 Å². The van der Waals surface area contributed by atoms with Crippen LogP contribution >= 0.6 is 0 Å². The maximum absolute atomic E-state index is 13.0. The zero-order valence-electron chi connectivity index (χ0n) is 14.8. The summed E-state index contributed by atoms with van der Waals surface area (Å²) in [5.74, 6) is 0.561. The Hall–Kier alpha value is -3.21.